The lowest BCUT2D eigenvalue weighted by Crippen LogP contribution is -2.39. The Labute approximate surface area is 120 Å². The maximum absolute atomic E-state index is 11.0. The molecule has 0 aliphatic heterocycles. The Bertz CT molecular complexity index is 622. The SMILES string of the molecule is Cc1ccccc1C(O)C1(CN)CCc2ccccc21. The van der Waals surface area contributed by atoms with Gasteiger partial charge in [-0.15, -0.1) is 0 Å². The molecule has 2 atom stereocenters. The molecule has 2 aromatic rings. The molecule has 2 aromatic carbocycles. The molecule has 0 spiro atoms. The average Bonchev–Trinajstić information content (AvgIpc) is 2.87. The van der Waals surface area contributed by atoms with Crippen LogP contribution >= 0.6 is 0 Å². The molecule has 2 heteroatoms. The monoisotopic (exact) mass is 267 g/mol. The van der Waals surface area contributed by atoms with Gasteiger partial charge in [-0.3, -0.25) is 0 Å². The van der Waals surface area contributed by atoms with E-state index < -0.39 is 6.10 Å². The van der Waals surface area contributed by atoms with Crippen LogP contribution < -0.4 is 5.73 Å². The van der Waals surface area contributed by atoms with Crippen LogP contribution in [-0.2, 0) is 11.8 Å². The summed E-state index contributed by atoms with van der Waals surface area (Å²) in [5, 5.41) is 11.0. The Kier molecular flexibility index (Phi) is 3.36. The zero-order valence-corrected chi connectivity index (χ0v) is 11.8. The highest BCUT2D eigenvalue weighted by molar-refractivity contribution is 5.44. The minimum Gasteiger partial charge on any atom is -0.387 e. The first-order chi connectivity index (χ1) is 9.69. The van der Waals surface area contributed by atoms with Crippen molar-refractivity contribution in [3.05, 3.63) is 70.8 Å². The molecule has 0 bridgehead atoms. The van der Waals surface area contributed by atoms with Gasteiger partial charge in [0, 0.05) is 12.0 Å². The van der Waals surface area contributed by atoms with E-state index >= 15 is 0 Å². The quantitative estimate of drug-likeness (QED) is 0.898. The third-order valence-electron chi connectivity index (χ3n) is 4.76. The number of fused-ring (bicyclic) bond motifs is 1. The van der Waals surface area contributed by atoms with E-state index in [2.05, 4.69) is 18.2 Å². The number of rotatable bonds is 3. The van der Waals surface area contributed by atoms with Crippen LogP contribution in [0.1, 0.15) is 34.8 Å². The molecule has 1 aliphatic rings. The van der Waals surface area contributed by atoms with Gasteiger partial charge in [0.1, 0.15) is 0 Å². The van der Waals surface area contributed by atoms with E-state index in [1.165, 1.54) is 11.1 Å². The molecular weight excluding hydrogens is 246 g/mol. The van der Waals surface area contributed by atoms with E-state index in [-0.39, 0.29) is 5.41 Å². The smallest absolute Gasteiger partial charge is 0.0901 e. The molecule has 3 N–H and O–H groups in total. The van der Waals surface area contributed by atoms with Crippen molar-refractivity contribution in [2.75, 3.05) is 6.54 Å². The second kappa shape index (κ2) is 5.04. The Morgan fingerprint density at radius 2 is 1.85 bits per heavy atom. The lowest BCUT2D eigenvalue weighted by atomic mass is 9.73. The highest BCUT2D eigenvalue weighted by atomic mass is 16.3. The minimum atomic E-state index is -0.544. The second-order valence-corrected chi connectivity index (χ2v) is 5.78. The number of benzene rings is 2. The van der Waals surface area contributed by atoms with Gasteiger partial charge in [0.05, 0.1) is 6.10 Å². The molecule has 20 heavy (non-hydrogen) atoms. The predicted octanol–water partition coefficient (Wildman–Crippen LogP) is 2.87. The molecule has 0 amide bonds. The van der Waals surface area contributed by atoms with Crippen molar-refractivity contribution in [2.45, 2.75) is 31.3 Å². The van der Waals surface area contributed by atoms with Crippen LogP contribution in [0.4, 0.5) is 0 Å². The van der Waals surface area contributed by atoms with Crippen molar-refractivity contribution in [3.8, 4) is 0 Å². The summed E-state index contributed by atoms with van der Waals surface area (Å²) in [6, 6.07) is 16.4. The number of hydrogen-bond donors (Lipinski definition) is 2. The van der Waals surface area contributed by atoms with Gasteiger partial charge in [0.2, 0.25) is 0 Å². The Balaban J connectivity index is 2.10. The highest BCUT2D eigenvalue weighted by Gasteiger charge is 2.44. The minimum absolute atomic E-state index is 0.345. The average molecular weight is 267 g/mol. The lowest BCUT2D eigenvalue weighted by Gasteiger charge is -2.35. The number of aliphatic hydroxyl groups excluding tert-OH is 1. The molecule has 0 aromatic heterocycles. The summed E-state index contributed by atoms with van der Waals surface area (Å²) in [5.74, 6) is 0. The van der Waals surface area contributed by atoms with Gasteiger partial charge in [-0.05, 0) is 42.0 Å². The fraction of sp³-hybridized carbons (Fsp3) is 0.333. The van der Waals surface area contributed by atoms with Crippen molar-refractivity contribution >= 4 is 0 Å². The van der Waals surface area contributed by atoms with Gasteiger partial charge in [0.15, 0.2) is 0 Å². The van der Waals surface area contributed by atoms with E-state index in [4.69, 9.17) is 5.73 Å². The van der Waals surface area contributed by atoms with E-state index in [0.717, 1.165) is 24.0 Å². The largest absolute Gasteiger partial charge is 0.387 e. The first-order valence-electron chi connectivity index (χ1n) is 7.21. The summed E-state index contributed by atoms with van der Waals surface area (Å²) in [7, 11) is 0. The molecule has 0 saturated heterocycles. The Hall–Kier alpha value is -1.64. The Morgan fingerprint density at radius 3 is 2.60 bits per heavy atom. The Morgan fingerprint density at radius 1 is 1.15 bits per heavy atom. The molecule has 2 nitrogen and oxygen atoms in total. The van der Waals surface area contributed by atoms with Crippen LogP contribution in [-0.4, -0.2) is 11.7 Å². The standard InChI is InChI=1S/C18H21NO/c1-13-6-2-4-8-15(13)17(20)18(12-19)11-10-14-7-3-5-9-16(14)18/h2-9,17,20H,10-12,19H2,1H3. The summed E-state index contributed by atoms with van der Waals surface area (Å²) < 4.78 is 0. The normalized spacial score (nSPS) is 22.6. The van der Waals surface area contributed by atoms with Gasteiger partial charge >= 0.3 is 0 Å². The van der Waals surface area contributed by atoms with Crippen LogP contribution in [0.2, 0.25) is 0 Å². The summed E-state index contributed by atoms with van der Waals surface area (Å²) >= 11 is 0. The van der Waals surface area contributed by atoms with Gasteiger partial charge < -0.3 is 10.8 Å². The highest BCUT2D eigenvalue weighted by Crippen LogP contribution is 2.47. The maximum atomic E-state index is 11.0. The summed E-state index contributed by atoms with van der Waals surface area (Å²) in [6.45, 7) is 2.52. The van der Waals surface area contributed by atoms with Crippen LogP contribution in [0.5, 0.6) is 0 Å². The van der Waals surface area contributed by atoms with Crippen molar-refractivity contribution in [1.29, 1.82) is 0 Å². The molecule has 0 saturated carbocycles. The molecule has 2 unspecified atom stereocenters. The third-order valence-corrected chi connectivity index (χ3v) is 4.76. The number of aliphatic hydroxyl groups is 1. The van der Waals surface area contributed by atoms with E-state index in [0.29, 0.717) is 6.54 Å². The summed E-state index contributed by atoms with van der Waals surface area (Å²) in [6.07, 6.45) is 1.37. The molecular formula is C18H21NO. The summed E-state index contributed by atoms with van der Waals surface area (Å²) in [5.41, 5.74) is 10.4. The van der Waals surface area contributed by atoms with Crippen LogP contribution in [0.3, 0.4) is 0 Å². The number of nitrogens with two attached hydrogens (primary N) is 1. The summed E-state index contributed by atoms with van der Waals surface area (Å²) in [4.78, 5) is 0. The van der Waals surface area contributed by atoms with Gasteiger partial charge in [-0.1, -0.05) is 48.5 Å². The molecule has 1 aliphatic carbocycles. The van der Waals surface area contributed by atoms with E-state index in [1.54, 1.807) is 0 Å². The zero-order valence-electron chi connectivity index (χ0n) is 11.8. The molecule has 104 valence electrons. The van der Waals surface area contributed by atoms with Gasteiger partial charge in [-0.2, -0.15) is 0 Å². The number of hydrogen-bond acceptors (Lipinski definition) is 2. The van der Waals surface area contributed by atoms with Crippen LogP contribution in [0.25, 0.3) is 0 Å². The first kappa shape index (κ1) is 13.3. The zero-order chi connectivity index (χ0) is 14.2. The molecule has 0 fully saturated rings. The second-order valence-electron chi connectivity index (χ2n) is 5.78. The fourth-order valence-corrected chi connectivity index (χ4v) is 3.52. The molecule has 0 radical (unpaired) electrons. The third kappa shape index (κ3) is 1.88. The molecule has 3 rings (SSSR count). The topological polar surface area (TPSA) is 46.2 Å². The van der Waals surface area contributed by atoms with Gasteiger partial charge in [0.25, 0.3) is 0 Å². The van der Waals surface area contributed by atoms with Crippen molar-refractivity contribution in [1.82, 2.24) is 0 Å². The van der Waals surface area contributed by atoms with Gasteiger partial charge in [-0.25, -0.2) is 0 Å². The molecule has 0 heterocycles. The fourth-order valence-electron chi connectivity index (χ4n) is 3.52. The van der Waals surface area contributed by atoms with Crippen LogP contribution in [0, 0.1) is 6.92 Å². The van der Waals surface area contributed by atoms with Crippen LogP contribution in [0.15, 0.2) is 48.5 Å². The van der Waals surface area contributed by atoms with Crippen molar-refractivity contribution in [3.63, 3.8) is 0 Å². The lowest BCUT2D eigenvalue weighted by molar-refractivity contribution is 0.0835. The first-order valence-corrected chi connectivity index (χ1v) is 7.21. The van der Waals surface area contributed by atoms with E-state index in [1.807, 2.05) is 37.3 Å². The van der Waals surface area contributed by atoms with Crippen molar-refractivity contribution < 1.29 is 5.11 Å². The predicted molar refractivity (Wildman–Crippen MR) is 81.6 cm³/mol. The number of aryl methyl sites for hydroxylation is 2. The van der Waals surface area contributed by atoms with Crippen molar-refractivity contribution in [2.24, 2.45) is 5.73 Å². The van der Waals surface area contributed by atoms with E-state index in [9.17, 15) is 5.11 Å². The maximum Gasteiger partial charge on any atom is 0.0901 e.